The molecule has 0 aliphatic heterocycles. The van der Waals surface area contributed by atoms with Crippen LogP contribution < -0.4 is 10.6 Å². The van der Waals surface area contributed by atoms with Gasteiger partial charge in [-0.2, -0.15) is 0 Å². The zero-order valence-corrected chi connectivity index (χ0v) is 10.8. The van der Waals surface area contributed by atoms with Crippen molar-refractivity contribution >= 4 is 33.4 Å². The van der Waals surface area contributed by atoms with Crippen LogP contribution in [0.2, 0.25) is 0 Å². The molecule has 1 aromatic rings. The molecule has 5 nitrogen and oxygen atoms in total. The second kappa shape index (κ2) is 5.69. The number of rotatable bonds is 4. The third kappa shape index (κ3) is 3.37. The predicted octanol–water partition coefficient (Wildman–Crippen LogP) is 1.43. The van der Waals surface area contributed by atoms with E-state index in [2.05, 4.69) is 20.9 Å². The Morgan fingerprint density at radius 1 is 1.69 bits per heavy atom. The summed E-state index contributed by atoms with van der Waals surface area (Å²) in [6.45, 7) is 2.29. The molecule has 0 saturated heterocycles. The Balaban J connectivity index is 2.76. The molecule has 0 spiro atoms. The summed E-state index contributed by atoms with van der Waals surface area (Å²) in [5.74, 6) is 0.0966. The molecular weight excluding hydrogens is 274 g/mol. The van der Waals surface area contributed by atoms with Crippen LogP contribution in [0.3, 0.4) is 0 Å². The molecule has 0 aromatic carbocycles. The standard InChI is InChI=1S/C10H14BrN3O2/c1-3-16-9(15)6-14(2)8-4-7(11)5-13-10(8)12/h4-5H,3,6H2,1-2H3,(H2,12,13). The molecule has 1 heterocycles. The number of anilines is 2. The van der Waals surface area contributed by atoms with E-state index in [4.69, 9.17) is 10.5 Å². The third-order valence-electron chi connectivity index (χ3n) is 1.95. The number of nitrogen functional groups attached to an aromatic ring is 1. The summed E-state index contributed by atoms with van der Waals surface area (Å²) >= 11 is 3.30. The minimum atomic E-state index is -0.288. The van der Waals surface area contributed by atoms with Crippen LogP contribution in [-0.4, -0.2) is 31.2 Å². The fourth-order valence-electron chi connectivity index (χ4n) is 1.23. The lowest BCUT2D eigenvalue weighted by atomic mass is 10.3. The van der Waals surface area contributed by atoms with Gasteiger partial charge in [-0.25, -0.2) is 4.98 Å². The molecule has 0 bridgehead atoms. The van der Waals surface area contributed by atoms with Gasteiger partial charge >= 0.3 is 5.97 Å². The summed E-state index contributed by atoms with van der Waals surface area (Å²) in [6.07, 6.45) is 1.61. The average Bonchev–Trinajstić information content (AvgIpc) is 2.21. The molecule has 0 fully saturated rings. The van der Waals surface area contributed by atoms with Crippen molar-refractivity contribution < 1.29 is 9.53 Å². The first kappa shape index (κ1) is 12.8. The Hall–Kier alpha value is -1.30. The molecule has 0 saturated carbocycles. The number of carbonyl (C=O) groups is 1. The van der Waals surface area contributed by atoms with Crippen molar-refractivity contribution in [2.75, 3.05) is 30.8 Å². The van der Waals surface area contributed by atoms with E-state index < -0.39 is 0 Å². The van der Waals surface area contributed by atoms with Crippen LogP contribution in [-0.2, 0) is 9.53 Å². The highest BCUT2D eigenvalue weighted by atomic mass is 79.9. The van der Waals surface area contributed by atoms with E-state index in [0.29, 0.717) is 18.1 Å². The number of nitrogens with zero attached hydrogens (tertiary/aromatic N) is 2. The van der Waals surface area contributed by atoms with Gasteiger partial charge in [-0.1, -0.05) is 0 Å². The van der Waals surface area contributed by atoms with Gasteiger partial charge in [0.05, 0.1) is 12.3 Å². The lowest BCUT2D eigenvalue weighted by molar-refractivity contribution is -0.141. The van der Waals surface area contributed by atoms with Crippen molar-refractivity contribution in [3.8, 4) is 0 Å². The van der Waals surface area contributed by atoms with Gasteiger partial charge in [0.25, 0.3) is 0 Å². The summed E-state index contributed by atoms with van der Waals surface area (Å²) in [6, 6.07) is 1.81. The molecule has 6 heteroatoms. The van der Waals surface area contributed by atoms with Gasteiger partial charge in [0, 0.05) is 17.7 Å². The highest BCUT2D eigenvalue weighted by Gasteiger charge is 2.11. The van der Waals surface area contributed by atoms with Crippen molar-refractivity contribution in [3.63, 3.8) is 0 Å². The van der Waals surface area contributed by atoms with Crippen LogP contribution in [0.4, 0.5) is 11.5 Å². The lowest BCUT2D eigenvalue weighted by Crippen LogP contribution is -2.28. The van der Waals surface area contributed by atoms with Gasteiger partial charge in [-0.05, 0) is 28.9 Å². The van der Waals surface area contributed by atoms with E-state index in [1.165, 1.54) is 0 Å². The van der Waals surface area contributed by atoms with Crippen molar-refractivity contribution in [2.24, 2.45) is 0 Å². The number of carbonyl (C=O) groups excluding carboxylic acids is 1. The van der Waals surface area contributed by atoms with Crippen LogP contribution in [0, 0.1) is 0 Å². The van der Waals surface area contributed by atoms with E-state index in [1.807, 2.05) is 6.07 Å². The number of hydrogen-bond acceptors (Lipinski definition) is 5. The molecule has 16 heavy (non-hydrogen) atoms. The molecule has 0 amide bonds. The summed E-state index contributed by atoms with van der Waals surface area (Å²) in [7, 11) is 1.76. The molecule has 1 aromatic heterocycles. The van der Waals surface area contributed by atoms with Gasteiger partial charge in [0.2, 0.25) is 0 Å². The number of aromatic nitrogens is 1. The first-order chi connectivity index (χ1) is 7.54. The van der Waals surface area contributed by atoms with E-state index >= 15 is 0 Å². The van der Waals surface area contributed by atoms with E-state index in [1.54, 1.807) is 25.1 Å². The monoisotopic (exact) mass is 287 g/mol. The maximum Gasteiger partial charge on any atom is 0.325 e. The van der Waals surface area contributed by atoms with Crippen LogP contribution in [0.25, 0.3) is 0 Å². The number of hydrogen-bond donors (Lipinski definition) is 1. The molecule has 1 rings (SSSR count). The van der Waals surface area contributed by atoms with E-state index in [0.717, 1.165) is 4.47 Å². The fraction of sp³-hybridized carbons (Fsp3) is 0.400. The van der Waals surface area contributed by atoms with Gasteiger partial charge in [0.1, 0.15) is 12.4 Å². The van der Waals surface area contributed by atoms with Gasteiger partial charge in [-0.3, -0.25) is 4.79 Å². The van der Waals surface area contributed by atoms with E-state index in [9.17, 15) is 4.79 Å². The van der Waals surface area contributed by atoms with E-state index in [-0.39, 0.29) is 12.5 Å². The molecule has 2 N–H and O–H groups in total. The summed E-state index contributed by atoms with van der Waals surface area (Å²) < 4.78 is 5.66. The molecule has 0 unspecified atom stereocenters. The van der Waals surface area contributed by atoms with Crippen molar-refractivity contribution in [2.45, 2.75) is 6.92 Å². The van der Waals surface area contributed by atoms with Gasteiger partial charge in [0.15, 0.2) is 0 Å². The largest absolute Gasteiger partial charge is 0.465 e. The maximum absolute atomic E-state index is 11.3. The average molecular weight is 288 g/mol. The molecule has 0 radical (unpaired) electrons. The van der Waals surface area contributed by atoms with Crippen LogP contribution in [0.1, 0.15) is 6.92 Å². The first-order valence-electron chi connectivity index (χ1n) is 4.82. The third-order valence-corrected chi connectivity index (χ3v) is 2.38. The number of pyridine rings is 1. The smallest absolute Gasteiger partial charge is 0.325 e. The zero-order chi connectivity index (χ0) is 12.1. The highest BCUT2D eigenvalue weighted by Crippen LogP contribution is 2.23. The summed E-state index contributed by atoms with van der Waals surface area (Å²) in [5, 5.41) is 0. The predicted molar refractivity (Wildman–Crippen MR) is 66.3 cm³/mol. The van der Waals surface area contributed by atoms with Crippen molar-refractivity contribution in [1.29, 1.82) is 0 Å². The minimum Gasteiger partial charge on any atom is -0.465 e. The number of ether oxygens (including phenoxy) is 1. The minimum absolute atomic E-state index is 0.149. The Morgan fingerprint density at radius 3 is 3.00 bits per heavy atom. The SMILES string of the molecule is CCOC(=O)CN(C)c1cc(Br)cnc1N. The van der Waals surface area contributed by atoms with Crippen molar-refractivity contribution in [3.05, 3.63) is 16.7 Å². The van der Waals surface area contributed by atoms with Crippen LogP contribution in [0.5, 0.6) is 0 Å². The maximum atomic E-state index is 11.3. The number of nitrogens with two attached hydrogens (primary N) is 1. The highest BCUT2D eigenvalue weighted by molar-refractivity contribution is 9.10. The normalized spacial score (nSPS) is 9.94. The molecule has 0 aliphatic rings. The quantitative estimate of drug-likeness (QED) is 0.849. The Kier molecular flexibility index (Phi) is 4.54. The number of likely N-dealkylation sites (N-methyl/N-ethyl adjacent to an activating group) is 1. The Bertz CT molecular complexity index is 384. The number of halogens is 1. The first-order valence-corrected chi connectivity index (χ1v) is 5.61. The second-order valence-electron chi connectivity index (χ2n) is 3.22. The fourth-order valence-corrected chi connectivity index (χ4v) is 1.55. The second-order valence-corrected chi connectivity index (χ2v) is 4.13. The zero-order valence-electron chi connectivity index (χ0n) is 9.24. The van der Waals surface area contributed by atoms with Crippen LogP contribution in [0.15, 0.2) is 16.7 Å². The molecule has 0 atom stereocenters. The Labute approximate surface area is 103 Å². The molecule has 0 aliphatic carbocycles. The summed E-state index contributed by atoms with van der Waals surface area (Å²) in [4.78, 5) is 17.0. The number of esters is 1. The lowest BCUT2D eigenvalue weighted by Gasteiger charge is -2.19. The van der Waals surface area contributed by atoms with Gasteiger partial charge < -0.3 is 15.4 Å². The van der Waals surface area contributed by atoms with Crippen LogP contribution >= 0.6 is 15.9 Å². The topological polar surface area (TPSA) is 68.5 Å². The van der Waals surface area contributed by atoms with Gasteiger partial charge in [-0.15, -0.1) is 0 Å². The van der Waals surface area contributed by atoms with Crippen molar-refractivity contribution in [1.82, 2.24) is 4.98 Å². The summed E-state index contributed by atoms with van der Waals surface area (Å²) in [5.41, 5.74) is 6.41. The Morgan fingerprint density at radius 2 is 2.38 bits per heavy atom. The molecule has 88 valence electrons. The molecular formula is C10H14BrN3O2.